The first-order valence-corrected chi connectivity index (χ1v) is 9.59. The van der Waals surface area contributed by atoms with Crippen molar-refractivity contribution in [3.05, 3.63) is 11.6 Å². The Morgan fingerprint density at radius 1 is 1.10 bits per heavy atom. The number of hydrogen-bond donors (Lipinski definition) is 1. The van der Waals surface area contributed by atoms with Gasteiger partial charge in [0, 0.05) is 18.6 Å². The minimum Gasteiger partial charge on any atom is -0.311 e. The number of likely N-dealkylation sites (tertiary alicyclic amines) is 1. The summed E-state index contributed by atoms with van der Waals surface area (Å²) in [6, 6.07) is 0.983. The molecule has 0 aromatic carbocycles. The summed E-state index contributed by atoms with van der Waals surface area (Å²) in [7, 11) is -2.74. The van der Waals surface area contributed by atoms with Gasteiger partial charge in [0.25, 0.3) is 0 Å². The molecule has 0 amide bonds. The van der Waals surface area contributed by atoms with Gasteiger partial charge >= 0.3 is 0 Å². The van der Waals surface area contributed by atoms with Crippen LogP contribution in [0.25, 0.3) is 0 Å². The van der Waals surface area contributed by atoms with Gasteiger partial charge in [-0.15, -0.1) is 0 Å². The third-order valence-electron chi connectivity index (χ3n) is 4.37. The minimum atomic E-state index is -2.74. The molecule has 2 saturated heterocycles. The van der Waals surface area contributed by atoms with Crippen LogP contribution in [0.15, 0.2) is 11.6 Å². The van der Waals surface area contributed by atoms with Gasteiger partial charge in [0.15, 0.2) is 0 Å². The highest BCUT2D eigenvalue weighted by Gasteiger charge is 2.26. The lowest BCUT2D eigenvalue weighted by Gasteiger charge is -2.35. The second-order valence-electron chi connectivity index (χ2n) is 6.45. The molecule has 0 aromatic rings. The van der Waals surface area contributed by atoms with Gasteiger partial charge in [-0.05, 0) is 52.6 Å². The second kappa shape index (κ2) is 7.05. The van der Waals surface area contributed by atoms with Gasteiger partial charge in [-0.2, -0.15) is 0 Å². The molecule has 0 bridgehead atoms. The Morgan fingerprint density at radius 2 is 1.65 bits per heavy atom. The van der Waals surface area contributed by atoms with E-state index < -0.39 is 9.84 Å². The van der Waals surface area contributed by atoms with E-state index in [2.05, 4.69) is 30.1 Å². The Hall–Kier alpha value is -0.390. The summed E-state index contributed by atoms with van der Waals surface area (Å²) in [6.45, 7) is 7.65. The van der Waals surface area contributed by atoms with Crippen molar-refractivity contribution in [3.63, 3.8) is 0 Å². The molecule has 5 heteroatoms. The summed E-state index contributed by atoms with van der Waals surface area (Å²) >= 11 is 0. The SMILES string of the molecule is CC(C)=CCN1CCC(NC2CCS(=O)(=O)CC2)CC1. The molecule has 20 heavy (non-hydrogen) atoms. The minimum absolute atomic E-state index is 0.365. The van der Waals surface area contributed by atoms with E-state index in [1.54, 1.807) is 0 Å². The van der Waals surface area contributed by atoms with E-state index in [0.29, 0.717) is 23.6 Å². The summed E-state index contributed by atoms with van der Waals surface area (Å²) in [5.74, 6) is 0.730. The molecule has 2 rings (SSSR count). The van der Waals surface area contributed by atoms with E-state index in [9.17, 15) is 8.42 Å². The van der Waals surface area contributed by atoms with Gasteiger partial charge in [0.2, 0.25) is 0 Å². The number of piperidine rings is 1. The van der Waals surface area contributed by atoms with Gasteiger partial charge < -0.3 is 5.32 Å². The van der Waals surface area contributed by atoms with Crippen molar-refractivity contribution in [2.45, 2.75) is 51.6 Å². The molecule has 116 valence electrons. The Morgan fingerprint density at radius 3 is 2.20 bits per heavy atom. The lowest BCUT2D eigenvalue weighted by atomic mass is 10.0. The van der Waals surface area contributed by atoms with Crippen molar-refractivity contribution in [2.24, 2.45) is 0 Å². The van der Waals surface area contributed by atoms with Crippen molar-refractivity contribution in [1.82, 2.24) is 10.2 Å². The molecule has 2 aliphatic rings. The molecule has 0 saturated carbocycles. The molecule has 1 N–H and O–H groups in total. The van der Waals surface area contributed by atoms with Crippen molar-refractivity contribution >= 4 is 9.84 Å². The first kappa shape index (κ1) is 16.0. The van der Waals surface area contributed by atoms with Crippen LogP contribution < -0.4 is 5.32 Å². The fraction of sp³-hybridized carbons (Fsp3) is 0.867. The molecule has 4 nitrogen and oxygen atoms in total. The monoisotopic (exact) mass is 300 g/mol. The van der Waals surface area contributed by atoms with E-state index >= 15 is 0 Å². The third kappa shape index (κ3) is 5.19. The maximum Gasteiger partial charge on any atom is 0.150 e. The Balaban J connectivity index is 1.68. The van der Waals surface area contributed by atoms with E-state index in [1.807, 2.05) is 0 Å². The number of hydrogen-bond acceptors (Lipinski definition) is 4. The Bertz CT molecular complexity index is 419. The molecule has 0 unspecified atom stereocenters. The van der Waals surface area contributed by atoms with Gasteiger partial charge in [0.05, 0.1) is 11.5 Å². The van der Waals surface area contributed by atoms with Crippen LogP contribution in [0, 0.1) is 0 Å². The molecule has 0 atom stereocenters. The van der Waals surface area contributed by atoms with Crippen LogP contribution >= 0.6 is 0 Å². The standard InChI is InChI=1S/C15H28N2O2S/c1-13(2)3-8-17-9-4-14(5-10-17)16-15-6-11-20(18,19)12-7-15/h3,14-16H,4-12H2,1-2H3. The smallest absolute Gasteiger partial charge is 0.150 e. The number of sulfone groups is 1. The van der Waals surface area contributed by atoms with Crippen molar-refractivity contribution < 1.29 is 8.42 Å². The topological polar surface area (TPSA) is 49.4 Å². The number of allylic oxidation sites excluding steroid dienone is 1. The van der Waals surface area contributed by atoms with Crippen LogP contribution in [0.1, 0.15) is 39.5 Å². The summed E-state index contributed by atoms with van der Waals surface area (Å²) in [6.07, 6.45) is 6.24. The number of nitrogens with one attached hydrogen (secondary N) is 1. The van der Waals surface area contributed by atoms with Crippen LogP contribution in [0.2, 0.25) is 0 Å². The van der Waals surface area contributed by atoms with Gasteiger partial charge in [-0.1, -0.05) is 11.6 Å². The molecule has 0 radical (unpaired) electrons. The van der Waals surface area contributed by atoms with Crippen LogP contribution in [-0.4, -0.2) is 56.5 Å². The fourth-order valence-corrected chi connectivity index (χ4v) is 4.48. The van der Waals surface area contributed by atoms with E-state index in [4.69, 9.17) is 0 Å². The Labute approximate surface area is 123 Å². The van der Waals surface area contributed by atoms with Gasteiger partial charge in [-0.25, -0.2) is 8.42 Å². The maximum atomic E-state index is 11.4. The zero-order chi connectivity index (χ0) is 14.6. The zero-order valence-electron chi connectivity index (χ0n) is 12.8. The van der Waals surface area contributed by atoms with Gasteiger partial charge in [0.1, 0.15) is 9.84 Å². The average Bonchev–Trinajstić information content (AvgIpc) is 2.40. The lowest BCUT2D eigenvalue weighted by Crippen LogP contribution is -2.48. The maximum absolute atomic E-state index is 11.4. The summed E-state index contributed by atoms with van der Waals surface area (Å²) < 4.78 is 22.8. The van der Waals surface area contributed by atoms with Crippen LogP contribution in [0.3, 0.4) is 0 Å². The highest BCUT2D eigenvalue weighted by Crippen LogP contribution is 2.16. The van der Waals surface area contributed by atoms with E-state index in [0.717, 1.165) is 32.5 Å². The van der Waals surface area contributed by atoms with Crippen molar-refractivity contribution in [3.8, 4) is 0 Å². The molecular weight excluding hydrogens is 272 g/mol. The predicted molar refractivity (Wildman–Crippen MR) is 83.7 cm³/mol. The number of rotatable bonds is 4. The highest BCUT2D eigenvalue weighted by molar-refractivity contribution is 7.91. The normalized spacial score (nSPS) is 25.5. The van der Waals surface area contributed by atoms with Gasteiger partial charge in [-0.3, -0.25) is 4.90 Å². The summed E-state index contributed by atoms with van der Waals surface area (Å²) in [4.78, 5) is 2.50. The highest BCUT2D eigenvalue weighted by atomic mass is 32.2. The van der Waals surface area contributed by atoms with Crippen LogP contribution in [-0.2, 0) is 9.84 Å². The molecule has 2 heterocycles. The molecule has 0 aliphatic carbocycles. The first-order valence-electron chi connectivity index (χ1n) is 7.77. The number of nitrogens with zero attached hydrogens (tertiary/aromatic N) is 1. The second-order valence-corrected chi connectivity index (χ2v) is 8.75. The third-order valence-corrected chi connectivity index (χ3v) is 6.09. The van der Waals surface area contributed by atoms with E-state index in [1.165, 1.54) is 18.4 Å². The molecule has 0 spiro atoms. The van der Waals surface area contributed by atoms with Crippen molar-refractivity contribution in [1.29, 1.82) is 0 Å². The molecule has 2 fully saturated rings. The fourth-order valence-electron chi connectivity index (χ4n) is 2.98. The predicted octanol–water partition coefficient (Wildman–Crippen LogP) is 1.58. The van der Waals surface area contributed by atoms with Crippen molar-refractivity contribution in [2.75, 3.05) is 31.1 Å². The zero-order valence-corrected chi connectivity index (χ0v) is 13.6. The first-order chi connectivity index (χ1) is 9.44. The summed E-state index contributed by atoms with van der Waals surface area (Å²) in [5, 5.41) is 3.67. The molecule has 0 aromatic heterocycles. The van der Waals surface area contributed by atoms with Crippen LogP contribution in [0.4, 0.5) is 0 Å². The summed E-state index contributed by atoms with van der Waals surface area (Å²) in [5.41, 5.74) is 1.38. The molecular formula is C15H28N2O2S. The van der Waals surface area contributed by atoms with Crippen LogP contribution in [0.5, 0.6) is 0 Å². The Kier molecular flexibility index (Phi) is 5.64. The molecule has 2 aliphatic heterocycles. The average molecular weight is 300 g/mol. The largest absolute Gasteiger partial charge is 0.311 e. The lowest BCUT2D eigenvalue weighted by molar-refractivity contribution is 0.204. The van der Waals surface area contributed by atoms with E-state index in [-0.39, 0.29) is 0 Å². The quantitative estimate of drug-likeness (QED) is 0.801.